The maximum Gasteiger partial charge on any atom is 0.176 e. The number of aliphatic hydroxyl groups is 2. The summed E-state index contributed by atoms with van der Waals surface area (Å²) in [6.45, 7) is 2.25. The summed E-state index contributed by atoms with van der Waals surface area (Å²) in [5.74, 6) is 0. The van der Waals surface area contributed by atoms with Crippen molar-refractivity contribution in [2.24, 2.45) is 0 Å². The molecule has 0 bridgehead atoms. The van der Waals surface area contributed by atoms with E-state index in [4.69, 9.17) is 10.2 Å². The van der Waals surface area contributed by atoms with Crippen molar-refractivity contribution in [2.75, 3.05) is 6.61 Å². The first-order valence-corrected chi connectivity index (χ1v) is 3.97. The molecule has 2 N–H and O–H groups in total. The van der Waals surface area contributed by atoms with E-state index in [1.165, 1.54) is 5.56 Å². The van der Waals surface area contributed by atoms with E-state index in [1.807, 2.05) is 36.0 Å². The molecule has 12 heavy (non-hydrogen) atoms. The summed E-state index contributed by atoms with van der Waals surface area (Å²) in [6.07, 6.45) is 3.10. The number of rotatable bonds is 3. The van der Waals surface area contributed by atoms with Gasteiger partial charge in [-0.05, 0) is 12.5 Å². The fraction of sp³-hybridized carbons (Fsp3) is 0.444. The van der Waals surface area contributed by atoms with Crippen LogP contribution >= 0.6 is 0 Å². The largest absolute Gasteiger partial charge is 0.393 e. The van der Waals surface area contributed by atoms with Crippen LogP contribution in [0.5, 0.6) is 0 Å². The van der Waals surface area contributed by atoms with Crippen molar-refractivity contribution in [2.45, 2.75) is 19.6 Å². The van der Waals surface area contributed by atoms with E-state index in [1.54, 1.807) is 0 Å². The molecule has 0 aliphatic heterocycles. The molecule has 0 saturated heterocycles. The summed E-state index contributed by atoms with van der Waals surface area (Å²) in [5.41, 5.74) is 1.18. The van der Waals surface area contributed by atoms with Crippen molar-refractivity contribution in [1.82, 2.24) is 0 Å². The summed E-state index contributed by atoms with van der Waals surface area (Å²) in [7, 11) is 0. The highest BCUT2D eigenvalue weighted by molar-refractivity contribution is 5.03. The molecule has 1 heterocycles. The SMILES string of the molecule is Cc1cc[n+](CC(O)CO)cc1. The smallest absolute Gasteiger partial charge is 0.176 e. The second-order valence-electron chi connectivity index (χ2n) is 2.91. The highest BCUT2D eigenvalue weighted by Crippen LogP contribution is 1.90. The summed E-state index contributed by atoms with van der Waals surface area (Å²) < 4.78 is 1.84. The number of aromatic nitrogens is 1. The first-order chi connectivity index (χ1) is 5.72. The highest BCUT2D eigenvalue weighted by atomic mass is 16.3. The van der Waals surface area contributed by atoms with Gasteiger partial charge in [-0.1, -0.05) is 0 Å². The molecule has 3 nitrogen and oxygen atoms in total. The van der Waals surface area contributed by atoms with Gasteiger partial charge in [0.1, 0.15) is 6.10 Å². The average Bonchev–Trinajstić information content (AvgIpc) is 2.09. The standard InChI is InChI=1S/C9H14NO2/c1-8-2-4-10(5-3-8)6-9(12)7-11/h2-5,9,11-12H,6-7H2,1H3/q+1. The normalized spacial score (nSPS) is 12.9. The minimum Gasteiger partial charge on any atom is -0.393 e. The second kappa shape index (κ2) is 4.18. The molecule has 66 valence electrons. The second-order valence-corrected chi connectivity index (χ2v) is 2.91. The molecule has 0 fully saturated rings. The fourth-order valence-electron chi connectivity index (χ4n) is 0.955. The van der Waals surface area contributed by atoms with Gasteiger partial charge >= 0.3 is 0 Å². The quantitative estimate of drug-likeness (QED) is 0.605. The van der Waals surface area contributed by atoms with Gasteiger partial charge in [0, 0.05) is 12.1 Å². The van der Waals surface area contributed by atoms with E-state index >= 15 is 0 Å². The topological polar surface area (TPSA) is 44.3 Å². The summed E-state index contributed by atoms with van der Waals surface area (Å²) in [4.78, 5) is 0. The maximum atomic E-state index is 9.11. The number of aryl methyl sites for hydroxylation is 1. The van der Waals surface area contributed by atoms with Crippen molar-refractivity contribution in [3.05, 3.63) is 30.1 Å². The van der Waals surface area contributed by atoms with E-state index < -0.39 is 6.10 Å². The molecule has 3 heteroatoms. The van der Waals surface area contributed by atoms with E-state index in [9.17, 15) is 0 Å². The van der Waals surface area contributed by atoms with Crippen molar-refractivity contribution >= 4 is 0 Å². The fourth-order valence-corrected chi connectivity index (χ4v) is 0.955. The molecular formula is C9H14NO2+. The van der Waals surface area contributed by atoms with Crippen LogP contribution in [-0.2, 0) is 6.54 Å². The lowest BCUT2D eigenvalue weighted by Crippen LogP contribution is -2.40. The molecular weight excluding hydrogens is 154 g/mol. The van der Waals surface area contributed by atoms with Crippen LogP contribution in [-0.4, -0.2) is 22.9 Å². The van der Waals surface area contributed by atoms with Gasteiger partial charge in [-0.2, -0.15) is 0 Å². The van der Waals surface area contributed by atoms with Gasteiger partial charge in [0.2, 0.25) is 0 Å². The van der Waals surface area contributed by atoms with E-state index in [0.717, 1.165) is 0 Å². The van der Waals surface area contributed by atoms with Gasteiger partial charge in [-0.25, -0.2) is 4.57 Å². The van der Waals surface area contributed by atoms with Gasteiger partial charge in [-0.3, -0.25) is 0 Å². The Morgan fingerprint density at radius 3 is 2.50 bits per heavy atom. The zero-order chi connectivity index (χ0) is 8.97. The Morgan fingerprint density at radius 1 is 1.42 bits per heavy atom. The lowest BCUT2D eigenvalue weighted by Gasteiger charge is -2.01. The summed E-state index contributed by atoms with van der Waals surface area (Å²) >= 11 is 0. The molecule has 0 aliphatic rings. The molecule has 1 aromatic heterocycles. The highest BCUT2D eigenvalue weighted by Gasteiger charge is 2.07. The molecule has 1 atom stereocenters. The minimum absolute atomic E-state index is 0.194. The van der Waals surface area contributed by atoms with Crippen LogP contribution in [0, 0.1) is 6.92 Å². The maximum absolute atomic E-state index is 9.11. The van der Waals surface area contributed by atoms with E-state index in [-0.39, 0.29) is 6.61 Å². The number of hydrogen-bond acceptors (Lipinski definition) is 2. The van der Waals surface area contributed by atoms with E-state index in [0.29, 0.717) is 6.54 Å². The molecule has 0 saturated carbocycles. The van der Waals surface area contributed by atoms with Gasteiger partial charge in [0.15, 0.2) is 18.9 Å². The summed E-state index contributed by atoms with van der Waals surface area (Å²) in [5, 5.41) is 17.7. The van der Waals surface area contributed by atoms with Crippen molar-refractivity contribution in [3.63, 3.8) is 0 Å². The van der Waals surface area contributed by atoms with Crippen LogP contribution in [0.2, 0.25) is 0 Å². The summed E-state index contributed by atoms with van der Waals surface area (Å²) in [6, 6.07) is 3.92. The Labute approximate surface area is 71.9 Å². The molecule has 0 spiro atoms. The van der Waals surface area contributed by atoms with Crippen LogP contribution < -0.4 is 4.57 Å². The third-order valence-electron chi connectivity index (χ3n) is 1.69. The number of hydrogen-bond donors (Lipinski definition) is 2. The molecule has 1 unspecified atom stereocenters. The molecule has 0 aliphatic carbocycles. The van der Waals surface area contributed by atoms with Gasteiger partial charge in [0.05, 0.1) is 6.61 Å². The van der Waals surface area contributed by atoms with Gasteiger partial charge in [0.25, 0.3) is 0 Å². The van der Waals surface area contributed by atoms with E-state index in [2.05, 4.69) is 0 Å². The molecule has 1 rings (SSSR count). The van der Waals surface area contributed by atoms with Crippen LogP contribution in [0.4, 0.5) is 0 Å². The van der Waals surface area contributed by atoms with Gasteiger partial charge < -0.3 is 10.2 Å². The van der Waals surface area contributed by atoms with Crippen molar-refractivity contribution in [3.8, 4) is 0 Å². The monoisotopic (exact) mass is 168 g/mol. The third kappa shape index (κ3) is 2.60. The van der Waals surface area contributed by atoms with Crippen LogP contribution in [0.25, 0.3) is 0 Å². The Balaban J connectivity index is 2.58. The number of pyridine rings is 1. The zero-order valence-electron chi connectivity index (χ0n) is 7.14. The zero-order valence-corrected chi connectivity index (χ0v) is 7.14. The molecule has 1 aromatic rings. The molecule has 0 aromatic carbocycles. The average molecular weight is 168 g/mol. The molecule has 0 amide bonds. The van der Waals surface area contributed by atoms with Crippen LogP contribution in [0.3, 0.4) is 0 Å². The predicted molar refractivity (Wildman–Crippen MR) is 44.5 cm³/mol. The number of nitrogens with zero attached hydrogens (tertiary/aromatic N) is 1. The predicted octanol–water partition coefficient (Wildman–Crippen LogP) is -0.364. The van der Waals surface area contributed by atoms with Crippen LogP contribution in [0.1, 0.15) is 5.56 Å². The molecule has 0 radical (unpaired) electrons. The lowest BCUT2D eigenvalue weighted by molar-refractivity contribution is -0.703. The third-order valence-corrected chi connectivity index (χ3v) is 1.69. The Bertz CT molecular complexity index is 233. The Morgan fingerprint density at radius 2 is 2.00 bits per heavy atom. The lowest BCUT2D eigenvalue weighted by atomic mass is 10.3. The van der Waals surface area contributed by atoms with Gasteiger partial charge in [-0.15, -0.1) is 0 Å². The van der Waals surface area contributed by atoms with Crippen molar-refractivity contribution < 1.29 is 14.8 Å². The van der Waals surface area contributed by atoms with Crippen LogP contribution in [0.15, 0.2) is 24.5 Å². The van der Waals surface area contributed by atoms with Crippen molar-refractivity contribution in [1.29, 1.82) is 0 Å². The first-order valence-electron chi connectivity index (χ1n) is 3.97. The minimum atomic E-state index is -0.669. The number of aliphatic hydroxyl groups excluding tert-OH is 2. The Kier molecular flexibility index (Phi) is 3.19. The Hall–Kier alpha value is -0.930. The first kappa shape index (κ1) is 9.16.